The summed E-state index contributed by atoms with van der Waals surface area (Å²) in [6.45, 7) is 5.59. The van der Waals surface area contributed by atoms with Gasteiger partial charge in [-0.3, -0.25) is 0 Å². The Kier molecular flexibility index (Phi) is 12.5. The van der Waals surface area contributed by atoms with Crippen LogP contribution in [0.2, 0.25) is 0 Å². The molecule has 2 aromatic carbocycles. The lowest BCUT2D eigenvalue weighted by molar-refractivity contribution is -0.147. The van der Waals surface area contributed by atoms with Crippen LogP contribution in [0.1, 0.15) is 85.0 Å². The average molecular weight is 553 g/mol. The van der Waals surface area contributed by atoms with Crippen molar-refractivity contribution in [2.24, 2.45) is 0 Å². The number of carbonyl (C=O) groups excluding carboxylic acids is 1. The topological polar surface area (TPSA) is 61.3 Å². The van der Waals surface area contributed by atoms with Crippen molar-refractivity contribution >= 4 is 5.97 Å². The number of hydrogen-bond acceptors (Lipinski definition) is 5. The van der Waals surface area contributed by atoms with Gasteiger partial charge >= 0.3 is 5.97 Å². The molecule has 0 spiro atoms. The van der Waals surface area contributed by atoms with Crippen LogP contribution < -0.4 is 9.47 Å². The number of ether oxygens (including phenoxy) is 2. The highest BCUT2D eigenvalue weighted by Crippen LogP contribution is 2.26. The third-order valence-electron chi connectivity index (χ3n) is 6.85. The first-order chi connectivity index (χ1) is 19.3. The first-order valence-corrected chi connectivity index (χ1v) is 14.5. The van der Waals surface area contributed by atoms with Gasteiger partial charge in [-0.05, 0) is 81.5 Å². The van der Waals surface area contributed by atoms with E-state index in [1.54, 1.807) is 43.6 Å². The zero-order valence-corrected chi connectivity index (χ0v) is 24.0. The molecule has 0 saturated heterocycles. The van der Waals surface area contributed by atoms with E-state index in [0.29, 0.717) is 31.0 Å². The van der Waals surface area contributed by atoms with Gasteiger partial charge in [-0.15, -0.1) is 0 Å². The van der Waals surface area contributed by atoms with Gasteiger partial charge in [0, 0.05) is 23.5 Å². The fourth-order valence-electron chi connectivity index (χ4n) is 4.31. The Balaban J connectivity index is 1.46. The SMILES string of the molecule is CCCCC[C@](C)(F)C(=O)Oc1ccc(-c2cnc(-c3ccc(OCCCCCCC[C@H](C)F)cc3)nc2)cc1. The summed E-state index contributed by atoms with van der Waals surface area (Å²) in [6, 6.07) is 14.6. The molecule has 0 radical (unpaired) electrons. The second-order valence-electron chi connectivity index (χ2n) is 10.6. The summed E-state index contributed by atoms with van der Waals surface area (Å²) in [5, 5.41) is 0. The molecular weight excluding hydrogens is 510 g/mol. The zero-order chi connectivity index (χ0) is 28.8. The van der Waals surface area contributed by atoms with Gasteiger partial charge in [0.1, 0.15) is 11.5 Å². The van der Waals surface area contributed by atoms with Gasteiger partial charge in [0.05, 0.1) is 12.8 Å². The molecule has 3 aromatic rings. The van der Waals surface area contributed by atoms with Crippen molar-refractivity contribution in [3.63, 3.8) is 0 Å². The van der Waals surface area contributed by atoms with E-state index in [-0.39, 0.29) is 6.42 Å². The summed E-state index contributed by atoms with van der Waals surface area (Å²) >= 11 is 0. The number of unbranched alkanes of at least 4 members (excludes halogenated alkanes) is 6. The number of esters is 1. The van der Waals surface area contributed by atoms with Crippen molar-refractivity contribution in [2.75, 3.05) is 6.61 Å². The molecule has 1 heterocycles. The lowest BCUT2D eigenvalue weighted by Gasteiger charge is -2.18. The third-order valence-corrected chi connectivity index (χ3v) is 6.85. The van der Waals surface area contributed by atoms with Gasteiger partial charge < -0.3 is 9.47 Å². The Morgan fingerprint density at radius 2 is 1.43 bits per heavy atom. The summed E-state index contributed by atoms with van der Waals surface area (Å²) in [4.78, 5) is 21.3. The number of aromatic nitrogens is 2. The van der Waals surface area contributed by atoms with E-state index < -0.39 is 17.8 Å². The van der Waals surface area contributed by atoms with Crippen LogP contribution in [0.25, 0.3) is 22.5 Å². The lowest BCUT2D eigenvalue weighted by atomic mass is 10.0. The van der Waals surface area contributed by atoms with Gasteiger partial charge in [-0.1, -0.05) is 57.6 Å². The molecule has 0 N–H and O–H groups in total. The molecule has 7 heteroatoms. The highest BCUT2D eigenvalue weighted by molar-refractivity contribution is 5.81. The number of alkyl halides is 2. The van der Waals surface area contributed by atoms with Crippen LogP contribution in [-0.2, 0) is 4.79 Å². The van der Waals surface area contributed by atoms with Crippen LogP contribution in [0.5, 0.6) is 11.5 Å². The maximum Gasteiger partial charge on any atom is 0.348 e. The molecule has 40 heavy (non-hydrogen) atoms. The largest absolute Gasteiger partial charge is 0.494 e. The first kappa shape index (κ1) is 31.2. The molecule has 0 aliphatic heterocycles. The molecule has 0 amide bonds. The van der Waals surface area contributed by atoms with Crippen LogP contribution in [0.3, 0.4) is 0 Å². The number of halogens is 2. The molecule has 0 saturated carbocycles. The molecule has 0 aliphatic rings. The summed E-state index contributed by atoms with van der Waals surface area (Å²) in [6.07, 6.45) is 11.3. The highest BCUT2D eigenvalue weighted by Gasteiger charge is 2.34. The van der Waals surface area contributed by atoms with Crippen molar-refractivity contribution < 1.29 is 23.0 Å². The van der Waals surface area contributed by atoms with Crippen LogP contribution in [0.15, 0.2) is 60.9 Å². The minimum absolute atomic E-state index is 0.154. The lowest BCUT2D eigenvalue weighted by Crippen LogP contribution is -2.34. The Morgan fingerprint density at radius 3 is 2.08 bits per heavy atom. The molecule has 0 bridgehead atoms. The fourth-order valence-corrected chi connectivity index (χ4v) is 4.31. The molecule has 1 aromatic heterocycles. The van der Waals surface area contributed by atoms with E-state index in [0.717, 1.165) is 67.4 Å². The Hall–Kier alpha value is -3.35. The molecule has 0 fully saturated rings. The zero-order valence-electron chi connectivity index (χ0n) is 24.0. The summed E-state index contributed by atoms with van der Waals surface area (Å²) < 4.78 is 38.6. The molecule has 2 atom stereocenters. The molecule has 3 rings (SSSR count). The summed E-state index contributed by atoms with van der Waals surface area (Å²) in [7, 11) is 0. The van der Waals surface area contributed by atoms with Gasteiger partial charge in [0.2, 0.25) is 5.67 Å². The molecule has 216 valence electrons. The summed E-state index contributed by atoms with van der Waals surface area (Å²) in [5.41, 5.74) is 0.559. The van der Waals surface area contributed by atoms with E-state index in [9.17, 15) is 13.6 Å². The minimum Gasteiger partial charge on any atom is -0.494 e. The Morgan fingerprint density at radius 1 is 0.825 bits per heavy atom. The first-order valence-electron chi connectivity index (χ1n) is 14.5. The van der Waals surface area contributed by atoms with E-state index in [1.165, 1.54) is 6.92 Å². The van der Waals surface area contributed by atoms with Crippen molar-refractivity contribution in [3.05, 3.63) is 60.9 Å². The third kappa shape index (κ3) is 10.3. The second-order valence-corrected chi connectivity index (χ2v) is 10.6. The fraction of sp³-hybridized carbons (Fsp3) is 0.485. The van der Waals surface area contributed by atoms with Crippen LogP contribution in [0.4, 0.5) is 8.78 Å². The standard InChI is InChI=1S/C33H42F2N2O3/c1-4-5-10-21-33(3,35)32(38)40-30-19-13-26(14-20-30)28-23-36-31(37-24-28)27-15-17-29(18-16-27)39-22-11-8-6-7-9-12-25(2)34/h13-20,23-25H,4-12,21-22H2,1-3H3/t25-,33-/m0/s1. The number of benzene rings is 2. The van der Waals surface area contributed by atoms with Crippen molar-refractivity contribution in [3.8, 4) is 34.0 Å². The van der Waals surface area contributed by atoms with Crippen LogP contribution in [-0.4, -0.2) is 34.4 Å². The minimum atomic E-state index is -2.00. The Labute approximate surface area is 237 Å². The number of carbonyl (C=O) groups is 1. The predicted molar refractivity (Wildman–Crippen MR) is 156 cm³/mol. The molecule has 0 unspecified atom stereocenters. The van der Waals surface area contributed by atoms with Crippen LogP contribution >= 0.6 is 0 Å². The average Bonchev–Trinajstić information content (AvgIpc) is 2.95. The maximum absolute atomic E-state index is 14.7. The summed E-state index contributed by atoms with van der Waals surface area (Å²) in [5.74, 6) is 0.850. The number of nitrogens with zero attached hydrogens (tertiary/aromatic N) is 2. The Bertz CT molecular complexity index is 1150. The van der Waals surface area contributed by atoms with E-state index in [2.05, 4.69) is 9.97 Å². The predicted octanol–water partition coefficient (Wildman–Crippen LogP) is 9.10. The number of hydrogen-bond donors (Lipinski definition) is 0. The van der Waals surface area contributed by atoms with E-state index in [4.69, 9.17) is 9.47 Å². The van der Waals surface area contributed by atoms with Gasteiger partial charge in [0.25, 0.3) is 0 Å². The van der Waals surface area contributed by atoms with Gasteiger partial charge in [0.15, 0.2) is 5.82 Å². The van der Waals surface area contributed by atoms with E-state index >= 15 is 0 Å². The van der Waals surface area contributed by atoms with Gasteiger partial charge in [-0.2, -0.15) is 0 Å². The van der Waals surface area contributed by atoms with Crippen molar-refractivity contribution in [2.45, 2.75) is 96.8 Å². The highest BCUT2D eigenvalue weighted by atomic mass is 19.1. The molecule has 0 aliphatic carbocycles. The monoisotopic (exact) mass is 552 g/mol. The second kappa shape index (κ2) is 16.0. The van der Waals surface area contributed by atoms with Crippen LogP contribution in [0, 0.1) is 0 Å². The van der Waals surface area contributed by atoms with Crippen molar-refractivity contribution in [1.29, 1.82) is 0 Å². The normalized spacial score (nSPS) is 13.4. The molecule has 5 nitrogen and oxygen atoms in total. The smallest absolute Gasteiger partial charge is 0.348 e. The van der Waals surface area contributed by atoms with Crippen molar-refractivity contribution in [1.82, 2.24) is 9.97 Å². The maximum atomic E-state index is 14.7. The number of rotatable bonds is 17. The van der Waals surface area contributed by atoms with Gasteiger partial charge in [-0.25, -0.2) is 23.5 Å². The van der Waals surface area contributed by atoms with E-state index in [1.807, 2.05) is 31.2 Å². The molecular formula is C33H42F2N2O3. The quantitative estimate of drug-likeness (QED) is 0.0949.